The van der Waals surface area contributed by atoms with Crippen LogP contribution in [-0.4, -0.2) is 17.7 Å². The van der Waals surface area contributed by atoms with Crippen LogP contribution in [0, 0.1) is 5.82 Å². The summed E-state index contributed by atoms with van der Waals surface area (Å²) < 4.78 is 18.3. The molecule has 15 heavy (non-hydrogen) atoms. The zero-order valence-corrected chi connectivity index (χ0v) is 8.79. The highest BCUT2D eigenvalue weighted by Gasteiger charge is 2.25. The normalized spacial score (nSPS) is 12.5. The second-order valence-electron chi connectivity index (χ2n) is 2.81. The van der Waals surface area contributed by atoms with Crippen LogP contribution in [-0.2, 0) is 9.53 Å². The third kappa shape index (κ3) is 2.67. The average molecular weight is 233 g/mol. The van der Waals surface area contributed by atoms with Crippen LogP contribution in [0.4, 0.5) is 4.39 Å². The van der Waals surface area contributed by atoms with Crippen molar-refractivity contribution in [1.29, 1.82) is 0 Å². The number of rotatable bonds is 4. The number of aliphatic carboxylic acids is 1. The Morgan fingerprint density at radius 2 is 2.33 bits per heavy atom. The molecule has 0 heterocycles. The molecule has 0 aliphatic heterocycles. The van der Waals surface area contributed by atoms with E-state index in [0.29, 0.717) is 0 Å². The minimum Gasteiger partial charge on any atom is -0.479 e. The molecule has 0 aliphatic rings. The fourth-order valence-electron chi connectivity index (χ4n) is 1.21. The van der Waals surface area contributed by atoms with Gasteiger partial charge in [-0.05, 0) is 19.1 Å². The van der Waals surface area contributed by atoms with E-state index >= 15 is 0 Å². The summed E-state index contributed by atoms with van der Waals surface area (Å²) in [5, 5.41) is 8.91. The molecular formula is C10H10ClFO3. The van der Waals surface area contributed by atoms with E-state index in [2.05, 4.69) is 0 Å². The van der Waals surface area contributed by atoms with Gasteiger partial charge in [0.15, 0.2) is 6.10 Å². The second-order valence-corrected chi connectivity index (χ2v) is 3.22. The number of carboxylic acid groups (broad SMARTS) is 1. The number of carbonyl (C=O) groups is 1. The first-order valence-corrected chi connectivity index (χ1v) is 4.74. The quantitative estimate of drug-likeness (QED) is 0.868. The Bertz CT molecular complexity index is 347. The van der Waals surface area contributed by atoms with Gasteiger partial charge in [0.05, 0.1) is 0 Å². The molecule has 1 aromatic carbocycles. The summed E-state index contributed by atoms with van der Waals surface area (Å²) in [5.41, 5.74) is -0.131. The van der Waals surface area contributed by atoms with Gasteiger partial charge in [0.2, 0.25) is 0 Å². The van der Waals surface area contributed by atoms with Crippen LogP contribution >= 0.6 is 11.6 Å². The minimum absolute atomic E-state index is 0.0517. The van der Waals surface area contributed by atoms with Crippen molar-refractivity contribution in [2.45, 2.75) is 13.0 Å². The minimum atomic E-state index is -1.36. The molecule has 5 heteroatoms. The zero-order chi connectivity index (χ0) is 11.4. The Morgan fingerprint density at radius 3 is 2.80 bits per heavy atom. The van der Waals surface area contributed by atoms with Gasteiger partial charge in [-0.15, -0.1) is 0 Å². The molecule has 0 bridgehead atoms. The summed E-state index contributed by atoms with van der Waals surface area (Å²) in [6.07, 6.45) is -1.36. The molecule has 0 saturated heterocycles. The van der Waals surface area contributed by atoms with Gasteiger partial charge in [0, 0.05) is 17.2 Å². The molecular weight excluding hydrogens is 223 g/mol. The van der Waals surface area contributed by atoms with Crippen LogP contribution < -0.4 is 0 Å². The lowest BCUT2D eigenvalue weighted by molar-refractivity contribution is -0.150. The van der Waals surface area contributed by atoms with Crippen molar-refractivity contribution < 1.29 is 19.0 Å². The van der Waals surface area contributed by atoms with E-state index in [4.69, 9.17) is 21.4 Å². The first-order valence-electron chi connectivity index (χ1n) is 4.36. The van der Waals surface area contributed by atoms with E-state index in [-0.39, 0.29) is 17.2 Å². The average Bonchev–Trinajstić information content (AvgIpc) is 2.15. The molecule has 0 spiro atoms. The van der Waals surface area contributed by atoms with Gasteiger partial charge in [-0.2, -0.15) is 0 Å². The molecule has 82 valence electrons. The highest BCUT2D eigenvalue weighted by atomic mass is 35.5. The lowest BCUT2D eigenvalue weighted by Gasteiger charge is -2.14. The number of halogens is 2. The number of carboxylic acids is 1. The van der Waals surface area contributed by atoms with Crippen molar-refractivity contribution in [3.63, 3.8) is 0 Å². The molecule has 1 rings (SSSR count). The van der Waals surface area contributed by atoms with Crippen molar-refractivity contribution in [1.82, 2.24) is 0 Å². The third-order valence-corrected chi connectivity index (χ3v) is 2.15. The topological polar surface area (TPSA) is 46.5 Å². The van der Waals surface area contributed by atoms with Crippen LogP contribution in [0.1, 0.15) is 18.6 Å². The Balaban J connectivity index is 3.15. The molecule has 0 amide bonds. The molecule has 3 nitrogen and oxygen atoms in total. The zero-order valence-electron chi connectivity index (χ0n) is 8.04. The van der Waals surface area contributed by atoms with Gasteiger partial charge in [0.1, 0.15) is 5.82 Å². The number of hydrogen-bond donors (Lipinski definition) is 1. The van der Waals surface area contributed by atoms with E-state index in [9.17, 15) is 9.18 Å². The Morgan fingerprint density at radius 1 is 1.67 bits per heavy atom. The highest BCUT2D eigenvalue weighted by Crippen LogP contribution is 2.28. The maximum Gasteiger partial charge on any atom is 0.337 e. The van der Waals surface area contributed by atoms with Crippen molar-refractivity contribution >= 4 is 17.6 Å². The summed E-state index contributed by atoms with van der Waals surface area (Å²) in [4.78, 5) is 10.8. The summed E-state index contributed by atoms with van der Waals surface area (Å²) in [5.74, 6) is -1.94. The monoisotopic (exact) mass is 232 g/mol. The Kier molecular flexibility index (Phi) is 4.05. The fourth-order valence-corrected chi connectivity index (χ4v) is 1.47. The van der Waals surface area contributed by atoms with E-state index in [0.717, 1.165) is 6.07 Å². The van der Waals surface area contributed by atoms with Crippen LogP contribution in [0.3, 0.4) is 0 Å². The summed E-state index contributed by atoms with van der Waals surface area (Å²) >= 11 is 5.72. The fraction of sp³-hybridized carbons (Fsp3) is 0.300. The van der Waals surface area contributed by atoms with Crippen molar-refractivity contribution in [3.05, 3.63) is 34.6 Å². The van der Waals surface area contributed by atoms with E-state index in [1.807, 2.05) is 0 Å². The number of benzene rings is 1. The molecule has 0 aromatic heterocycles. The van der Waals surface area contributed by atoms with Crippen LogP contribution in [0.2, 0.25) is 5.02 Å². The smallest absolute Gasteiger partial charge is 0.337 e. The van der Waals surface area contributed by atoms with Gasteiger partial charge < -0.3 is 9.84 Å². The van der Waals surface area contributed by atoms with Crippen molar-refractivity contribution in [2.24, 2.45) is 0 Å². The van der Waals surface area contributed by atoms with Gasteiger partial charge in [-0.25, -0.2) is 9.18 Å². The molecule has 1 unspecified atom stereocenters. The van der Waals surface area contributed by atoms with Gasteiger partial charge >= 0.3 is 5.97 Å². The molecule has 0 aliphatic carbocycles. The number of hydrogen-bond acceptors (Lipinski definition) is 2. The highest BCUT2D eigenvalue weighted by molar-refractivity contribution is 6.31. The predicted molar refractivity (Wildman–Crippen MR) is 53.4 cm³/mol. The van der Waals surface area contributed by atoms with Gasteiger partial charge in [-0.3, -0.25) is 0 Å². The molecule has 1 aromatic rings. The molecule has 1 atom stereocenters. The molecule has 0 saturated carbocycles. The lowest BCUT2D eigenvalue weighted by atomic mass is 10.1. The standard InChI is InChI=1S/C10H10ClFO3/c1-2-15-9(10(13)14)8-6(11)4-3-5-7(8)12/h3-5,9H,2H2,1H3,(H,13,14). The summed E-state index contributed by atoms with van der Waals surface area (Å²) in [6.45, 7) is 1.80. The first kappa shape index (κ1) is 11.9. The summed E-state index contributed by atoms with van der Waals surface area (Å²) in [7, 11) is 0. The molecule has 0 radical (unpaired) electrons. The van der Waals surface area contributed by atoms with E-state index < -0.39 is 17.9 Å². The molecule has 0 fully saturated rings. The predicted octanol–water partition coefficient (Wildman–Crippen LogP) is 2.64. The molecule has 1 N–H and O–H groups in total. The number of ether oxygens (including phenoxy) is 1. The largest absolute Gasteiger partial charge is 0.479 e. The first-order chi connectivity index (χ1) is 7.07. The van der Waals surface area contributed by atoms with Gasteiger partial charge in [-0.1, -0.05) is 17.7 Å². The van der Waals surface area contributed by atoms with Crippen molar-refractivity contribution in [2.75, 3.05) is 6.61 Å². The van der Waals surface area contributed by atoms with Crippen LogP contribution in [0.15, 0.2) is 18.2 Å². The van der Waals surface area contributed by atoms with Crippen molar-refractivity contribution in [3.8, 4) is 0 Å². The maximum atomic E-state index is 13.4. The van der Waals surface area contributed by atoms with E-state index in [1.165, 1.54) is 12.1 Å². The Hall–Kier alpha value is -1.13. The lowest BCUT2D eigenvalue weighted by Crippen LogP contribution is -2.17. The van der Waals surface area contributed by atoms with Crippen LogP contribution in [0.5, 0.6) is 0 Å². The van der Waals surface area contributed by atoms with E-state index in [1.54, 1.807) is 6.92 Å². The Labute approximate surface area is 91.4 Å². The SMILES string of the molecule is CCOC(C(=O)O)c1c(F)cccc1Cl. The van der Waals surface area contributed by atoms with Gasteiger partial charge in [0.25, 0.3) is 0 Å². The second kappa shape index (κ2) is 5.09. The third-order valence-electron chi connectivity index (χ3n) is 1.82. The van der Waals surface area contributed by atoms with Crippen LogP contribution in [0.25, 0.3) is 0 Å². The summed E-state index contributed by atoms with van der Waals surface area (Å²) in [6, 6.07) is 3.98. The maximum absolute atomic E-state index is 13.4.